The van der Waals surface area contributed by atoms with E-state index in [2.05, 4.69) is 20.8 Å². The van der Waals surface area contributed by atoms with Crippen molar-refractivity contribution in [1.82, 2.24) is 15.5 Å². The first-order valence-corrected chi connectivity index (χ1v) is 9.09. The topological polar surface area (TPSA) is 101 Å². The van der Waals surface area contributed by atoms with Gasteiger partial charge < -0.3 is 5.32 Å². The Hall–Kier alpha value is -0.930. The molecule has 0 spiro atoms. The second-order valence-electron chi connectivity index (χ2n) is 4.90. The minimum atomic E-state index is -3.17. The van der Waals surface area contributed by atoms with Crippen LogP contribution in [0.2, 0.25) is 0 Å². The van der Waals surface area contributed by atoms with Crippen molar-refractivity contribution < 1.29 is 13.2 Å². The van der Waals surface area contributed by atoms with Gasteiger partial charge in [-0.3, -0.25) is 5.32 Å². The number of urea groups is 1. The molecule has 0 radical (unpaired) electrons. The van der Waals surface area contributed by atoms with Crippen LogP contribution in [0.25, 0.3) is 0 Å². The number of halogens is 1. The Morgan fingerprint density at radius 3 is 2.60 bits per heavy atom. The lowest BCUT2D eigenvalue weighted by molar-refractivity contribution is 0.249. The minimum absolute atomic E-state index is 0.115. The number of alkyl halides is 1. The first kappa shape index (κ1) is 15.5. The summed E-state index contributed by atoms with van der Waals surface area (Å²) in [6.45, 7) is 3.96. The molecule has 0 unspecified atom stereocenters. The highest BCUT2D eigenvalue weighted by molar-refractivity contribution is 7.91. The maximum absolute atomic E-state index is 11.8. The average Bonchev–Trinajstić information content (AvgIpc) is 2.84. The lowest BCUT2D eigenvalue weighted by Crippen LogP contribution is -2.42. The second-order valence-corrected chi connectivity index (χ2v) is 8.62. The molecule has 1 aliphatic rings. The molecule has 2 amide bonds. The molecule has 0 aliphatic carbocycles. The molecule has 0 saturated carbocycles. The van der Waals surface area contributed by atoms with Gasteiger partial charge in [0.2, 0.25) is 5.13 Å². The molecule has 1 aromatic heterocycles. The molecule has 2 atom stereocenters. The molecule has 1 fully saturated rings. The quantitative estimate of drug-likeness (QED) is 0.806. The number of nitrogens with zero attached hydrogens (tertiary/aromatic N) is 2. The summed E-state index contributed by atoms with van der Waals surface area (Å²) in [5.41, 5.74) is 0. The number of sulfone groups is 1. The number of hydrogen-bond acceptors (Lipinski definition) is 6. The SMILES string of the molecule is CC(C)c1nnc(NC(=O)N[C@H]2CS(=O)(=O)C[C@H]2Cl)s1. The van der Waals surface area contributed by atoms with Crippen LogP contribution in [-0.4, -0.2) is 47.6 Å². The molecule has 1 aromatic rings. The first-order chi connectivity index (χ1) is 9.27. The molecule has 20 heavy (non-hydrogen) atoms. The van der Waals surface area contributed by atoms with Crippen molar-refractivity contribution in [3.8, 4) is 0 Å². The second kappa shape index (κ2) is 5.82. The molecule has 2 heterocycles. The van der Waals surface area contributed by atoms with Crippen molar-refractivity contribution in [2.75, 3.05) is 16.8 Å². The van der Waals surface area contributed by atoms with Crippen molar-refractivity contribution >= 4 is 43.9 Å². The van der Waals surface area contributed by atoms with Gasteiger partial charge in [0.05, 0.1) is 22.9 Å². The Labute approximate surface area is 126 Å². The van der Waals surface area contributed by atoms with Crippen LogP contribution in [0.4, 0.5) is 9.93 Å². The van der Waals surface area contributed by atoms with Gasteiger partial charge in [0.1, 0.15) is 5.01 Å². The Bertz CT molecular complexity index is 601. The van der Waals surface area contributed by atoms with Crippen LogP contribution in [0.15, 0.2) is 0 Å². The van der Waals surface area contributed by atoms with Crippen LogP contribution in [0.5, 0.6) is 0 Å². The normalized spacial score (nSPS) is 24.8. The number of amides is 2. The number of carbonyl (C=O) groups excluding carboxylic acids is 1. The number of rotatable bonds is 3. The molecule has 112 valence electrons. The van der Waals surface area contributed by atoms with E-state index in [1.807, 2.05) is 13.8 Å². The molecule has 1 saturated heterocycles. The van der Waals surface area contributed by atoms with Crippen molar-refractivity contribution in [3.05, 3.63) is 5.01 Å². The van der Waals surface area contributed by atoms with E-state index in [-0.39, 0.29) is 17.4 Å². The molecule has 0 aromatic carbocycles. The van der Waals surface area contributed by atoms with Gasteiger partial charge in [-0.05, 0) is 0 Å². The third kappa shape index (κ3) is 3.80. The highest BCUT2D eigenvalue weighted by atomic mass is 35.5. The van der Waals surface area contributed by atoms with Crippen LogP contribution < -0.4 is 10.6 Å². The maximum Gasteiger partial charge on any atom is 0.321 e. The van der Waals surface area contributed by atoms with Crippen LogP contribution in [0, 0.1) is 0 Å². The van der Waals surface area contributed by atoms with Gasteiger partial charge in [0, 0.05) is 5.92 Å². The molecule has 1 aliphatic heterocycles. The van der Waals surface area contributed by atoms with Gasteiger partial charge in [-0.2, -0.15) is 0 Å². The van der Waals surface area contributed by atoms with Crippen molar-refractivity contribution in [1.29, 1.82) is 0 Å². The third-order valence-electron chi connectivity index (χ3n) is 2.75. The largest absolute Gasteiger partial charge is 0.333 e. The number of hydrogen-bond donors (Lipinski definition) is 2. The Balaban J connectivity index is 1.92. The smallest absolute Gasteiger partial charge is 0.321 e. The summed E-state index contributed by atoms with van der Waals surface area (Å²) in [7, 11) is -3.17. The monoisotopic (exact) mass is 338 g/mol. The molecule has 7 nitrogen and oxygen atoms in total. The molecule has 2 N–H and O–H groups in total. The average molecular weight is 339 g/mol. The minimum Gasteiger partial charge on any atom is -0.333 e. The van der Waals surface area contributed by atoms with Crippen LogP contribution in [0.1, 0.15) is 24.8 Å². The van der Waals surface area contributed by atoms with Crippen molar-refractivity contribution in [2.45, 2.75) is 31.2 Å². The number of anilines is 1. The molecule has 0 bridgehead atoms. The lowest BCUT2D eigenvalue weighted by Gasteiger charge is -2.13. The Morgan fingerprint density at radius 2 is 2.10 bits per heavy atom. The summed E-state index contributed by atoms with van der Waals surface area (Å²) < 4.78 is 22.8. The summed E-state index contributed by atoms with van der Waals surface area (Å²) in [4.78, 5) is 11.8. The first-order valence-electron chi connectivity index (χ1n) is 6.02. The zero-order chi connectivity index (χ0) is 14.9. The van der Waals surface area contributed by atoms with E-state index in [9.17, 15) is 13.2 Å². The van der Waals surface area contributed by atoms with Crippen molar-refractivity contribution in [3.63, 3.8) is 0 Å². The predicted octanol–water partition coefficient (Wildman–Crippen LogP) is 1.19. The maximum atomic E-state index is 11.8. The van der Waals surface area contributed by atoms with E-state index < -0.39 is 27.3 Å². The third-order valence-corrected chi connectivity index (χ3v) is 6.27. The lowest BCUT2D eigenvalue weighted by atomic mass is 10.2. The fourth-order valence-electron chi connectivity index (χ4n) is 1.76. The number of aromatic nitrogens is 2. The number of carbonyl (C=O) groups is 1. The molecular weight excluding hydrogens is 324 g/mol. The fraction of sp³-hybridized carbons (Fsp3) is 0.700. The van der Waals surface area contributed by atoms with Crippen molar-refractivity contribution in [2.24, 2.45) is 0 Å². The number of nitrogens with one attached hydrogen (secondary N) is 2. The van der Waals surface area contributed by atoms with E-state index in [0.717, 1.165) is 5.01 Å². The molecule has 2 rings (SSSR count). The van der Waals surface area contributed by atoms with E-state index in [4.69, 9.17) is 11.6 Å². The van der Waals surface area contributed by atoms with E-state index in [0.29, 0.717) is 5.13 Å². The van der Waals surface area contributed by atoms with Gasteiger partial charge in [-0.25, -0.2) is 13.2 Å². The van der Waals surface area contributed by atoms with Crippen LogP contribution in [0.3, 0.4) is 0 Å². The zero-order valence-electron chi connectivity index (χ0n) is 11.0. The Kier molecular flexibility index (Phi) is 4.50. The predicted molar refractivity (Wildman–Crippen MR) is 78.2 cm³/mol. The summed E-state index contributed by atoms with van der Waals surface area (Å²) in [5.74, 6) is -0.0177. The van der Waals surface area contributed by atoms with Gasteiger partial charge in [0.25, 0.3) is 0 Å². The summed E-state index contributed by atoms with van der Waals surface area (Å²) in [6.07, 6.45) is 0. The van der Waals surface area contributed by atoms with E-state index >= 15 is 0 Å². The summed E-state index contributed by atoms with van der Waals surface area (Å²) >= 11 is 7.19. The highest BCUT2D eigenvalue weighted by Crippen LogP contribution is 2.22. The fourth-order valence-corrected chi connectivity index (χ4v) is 5.05. The molecular formula is C10H15ClN4O3S2. The zero-order valence-corrected chi connectivity index (χ0v) is 13.3. The van der Waals surface area contributed by atoms with Gasteiger partial charge in [-0.1, -0.05) is 25.2 Å². The summed E-state index contributed by atoms with van der Waals surface area (Å²) in [5, 5.41) is 13.5. The highest BCUT2D eigenvalue weighted by Gasteiger charge is 2.37. The van der Waals surface area contributed by atoms with Crippen LogP contribution in [-0.2, 0) is 9.84 Å². The van der Waals surface area contributed by atoms with E-state index in [1.165, 1.54) is 11.3 Å². The van der Waals surface area contributed by atoms with Gasteiger partial charge in [0.15, 0.2) is 9.84 Å². The van der Waals surface area contributed by atoms with Gasteiger partial charge in [-0.15, -0.1) is 21.8 Å². The molecule has 10 heteroatoms. The van der Waals surface area contributed by atoms with E-state index in [1.54, 1.807) is 0 Å². The standard InChI is InChI=1S/C10H15ClN4O3S2/c1-5(2)8-14-15-10(19-8)13-9(16)12-7-4-20(17,18)3-6(7)11/h5-7H,3-4H2,1-2H3,(H2,12,13,15,16)/t6-,7+/m1/s1. The Morgan fingerprint density at radius 1 is 1.40 bits per heavy atom. The van der Waals surface area contributed by atoms with Crippen LogP contribution >= 0.6 is 22.9 Å². The summed E-state index contributed by atoms with van der Waals surface area (Å²) in [6, 6.07) is -1.11. The van der Waals surface area contributed by atoms with Gasteiger partial charge >= 0.3 is 6.03 Å².